The Bertz CT molecular complexity index is 868. The molecule has 0 saturated heterocycles. The Labute approximate surface area is 154 Å². The lowest BCUT2D eigenvalue weighted by Crippen LogP contribution is -2.37. The van der Waals surface area contributed by atoms with Gasteiger partial charge in [0, 0.05) is 44.4 Å². The maximum Gasteiger partial charge on any atom is 0.271 e. The van der Waals surface area contributed by atoms with E-state index in [0.29, 0.717) is 42.7 Å². The number of imidazole rings is 1. The molecule has 138 valence electrons. The molecular weight excluding hydrogens is 357 g/mol. The minimum absolute atomic E-state index is 0.103. The monoisotopic (exact) mass is 377 g/mol. The van der Waals surface area contributed by atoms with Crippen LogP contribution in [0.5, 0.6) is 0 Å². The number of benzene rings is 1. The van der Waals surface area contributed by atoms with E-state index >= 15 is 0 Å². The smallest absolute Gasteiger partial charge is 0.271 e. The number of nitrogens with zero attached hydrogens (tertiary/aromatic N) is 3. The minimum atomic E-state index is -0.294. The number of aromatic nitrogens is 2. The van der Waals surface area contributed by atoms with Crippen molar-refractivity contribution in [2.45, 2.75) is 0 Å². The van der Waals surface area contributed by atoms with Crippen LogP contribution in [0.25, 0.3) is 16.2 Å². The van der Waals surface area contributed by atoms with Gasteiger partial charge in [-0.1, -0.05) is 0 Å². The SMILES string of the molecule is COCCN(CCOC)C(=O)c1csc2nc(-c3ccc(F)cc3)cn12. The van der Waals surface area contributed by atoms with Crippen LogP contribution in [0.15, 0.2) is 35.8 Å². The van der Waals surface area contributed by atoms with Crippen molar-refractivity contribution in [1.29, 1.82) is 0 Å². The van der Waals surface area contributed by atoms with Gasteiger partial charge in [-0.3, -0.25) is 9.20 Å². The molecular formula is C18H20FN3O3S. The van der Waals surface area contributed by atoms with Gasteiger partial charge >= 0.3 is 0 Å². The molecule has 3 rings (SSSR count). The Morgan fingerprint density at radius 2 is 1.85 bits per heavy atom. The summed E-state index contributed by atoms with van der Waals surface area (Å²) in [6.45, 7) is 1.87. The predicted octanol–water partition coefficient (Wildman–Crippen LogP) is 2.94. The number of halogens is 1. The maximum atomic E-state index is 13.1. The summed E-state index contributed by atoms with van der Waals surface area (Å²) in [5, 5.41) is 1.80. The first-order chi connectivity index (χ1) is 12.6. The molecule has 1 aromatic carbocycles. The average molecular weight is 377 g/mol. The van der Waals surface area contributed by atoms with E-state index in [-0.39, 0.29) is 11.7 Å². The molecule has 3 aromatic rings. The van der Waals surface area contributed by atoms with Crippen molar-refractivity contribution in [1.82, 2.24) is 14.3 Å². The van der Waals surface area contributed by atoms with E-state index in [2.05, 4.69) is 4.98 Å². The Kier molecular flexibility index (Phi) is 5.97. The van der Waals surface area contributed by atoms with Gasteiger partial charge in [-0.05, 0) is 24.3 Å². The molecule has 0 atom stereocenters. The number of thiazole rings is 1. The zero-order chi connectivity index (χ0) is 18.5. The van der Waals surface area contributed by atoms with Crippen LogP contribution in [0, 0.1) is 5.82 Å². The van der Waals surface area contributed by atoms with Crippen LogP contribution < -0.4 is 0 Å². The Balaban J connectivity index is 1.88. The zero-order valence-corrected chi connectivity index (χ0v) is 15.5. The summed E-state index contributed by atoms with van der Waals surface area (Å²) < 4.78 is 25.1. The highest BCUT2D eigenvalue weighted by Gasteiger charge is 2.20. The van der Waals surface area contributed by atoms with Gasteiger partial charge in [0.2, 0.25) is 0 Å². The van der Waals surface area contributed by atoms with Crippen molar-refractivity contribution in [2.24, 2.45) is 0 Å². The molecule has 8 heteroatoms. The molecule has 0 radical (unpaired) electrons. The van der Waals surface area contributed by atoms with E-state index in [1.54, 1.807) is 47.2 Å². The van der Waals surface area contributed by atoms with Gasteiger partial charge in [-0.25, -0.2) is 9.37 Å². The molecule has 0 unspecified atom stereocenters. The summed E-state index contributed by atoms with van der Waals surface area (Å²) in [7, 11) is 3.21. The maximum absolute atomic E-state index is 13.1. The molecule has 0 aliphatic heterocycles. The molecule has 6 nitrogen and oxygen atoms in total. The molecule has 2 aromatic heterocycles. The lowest BCUT2D eigenvalue weighted by molar-refractivity contribution is 0.0621. The number of hydrogen-bond acceptors (Lipinski definition) is 5. The molecule has 0 bridgehead atoms. The Morgan fingerprint density at radius 1 is 1.19 bits per heavy atom. The molecule has 0 spiro atoms. The quantitative estimate of drug-likeness (QED) is 0.606. The average Bonchev–Trinajstić information content (AvgIpc) is 3.22. The summed E-state index contributed by atoms with van der Waals surface area (Å²) in [5.74, 6) is -0.397. The largest absolute Gasteiger partial charge is 0.383 e. The van der Waals surface area contributed by atoms with Gasteiger partial charge in [-0.2, -0.15) is 0 Å². The van der Waals surface area contributed by atoms with Crippen molar-refractivity contribution in [3.63, 3.8) is 0 Å². The summed E-state index contributed by atoms with van der Waals surface area (Å²) >= 11 is 1.39. The van der Waals surface area contributed by atoms with Crippen molar-refractivity contribution < 1.29 is 18.7 Å². The number of amides is 1. The van der Waals surface area contributed by atoms with E-state index in [0.717, 1.165) is 5.56 Å². The van der Waals surface area contributed by atoms with Gasteiger partial charge < -0.3 is 14.4 Å². The fourth-order valence-electron chi connectivity index (χ4n) is 2.58. The van der Waals surface area contributed by atoms with Gasteiger partial charge in [0.1, 0.15) is 11.5 Å². The molecule has 0 aliphatic carbocycles. The molecule has 0 saturated carbocycles. The lowest BCUT2D eigenvalue weighted by Gasteiger charge is -2.21. The highest BCUT2D eigenvalue weighted by molar-refractivity contribution is 7.15. The van der Waals surface area contributed by atoms with Crippen molar-refractivity contribution in [3.8, 4) is 11.3 Å². The van der Waals surface area contributed by atoms with Gasteiger partial charge in [-0.15, -0.1) is 11.3 Å². The molecule has 26 heavy (non-hydrogen) atoms. The highest BCUT2D eigenvalue weighted by atomic mass is 32.1. The van der Waals surface area contributed by atoms with Crippen LogP contribution in [0.2, 0.25) is 0 Å². The van der Waals surface area contributed by atoms with E-state index in [1.807, 2.05) is 0 Å². The zero-order valence-electron chi connectivity index (χ0n) is 14.6. The third-order valence-corrected chi connectivity index (χ3v) is 4.83. The third kappa shape index (κ3) is 3.92. The normalized spacial score (nSPS) is 11.2. The van der Waals surface area contributed by atoms with Crippen LogP contribution >= 0.6 is 11.3 Å². The summed E-state index contributed by atoms with van der Waals surface area (Å²) in [5.41, 5.74) is 2.04. The van der Waals surface area contributed by atoms with Gasteiger partial charge in [0.15, 0.2) is 4.96 Å². The number of hydrogen-bond donors (Lipinski definition) is 0. The summed E-state index contributed by atoms with van der Waals surface area (Å²) in [4.78, 5) is 19.9. The van der Waals surface area contributed by atoms with E-state index in [4.69, 9.17) is 9.47 Å². The molecule has 1 amide bonds. The number of ether oxygens (including phenoxy) is 2. The third-order valence-electron chi connectivity index (χ3n) is 3.99. The van der Waals surface area contributed by atoms with Crippen LogP contribution in [0.4, 0.5) is 4.39 Å². The molecule has 0 aliphatic rings. The molecule has 2 heterocycles. The number of fused-ring (bicyclic) bond motifs is 1. The summed E-state index contributed by atoms with van der Waals surface area (Å²) in [6, 6.07) is 6.14. The minimum Gasteiger partial charge on any atom is -0.383 e. The van der Waals surface area contributed by atoms with Crippen LogP contribution in [0.3, 0.4) is 0 Å². The first kappa shape index (κ1) is 18.5. The Hall–Kier alpha value is -2.29. The number of rotatable bonds is 8. The van der Waals surface area contributed by atoms with Gasteiger partial charge in [0.25, 0.3) is 5.91 Å². The van der Waals surface area contributed by atoms with Crippen LogP contribution in [-0.2, 0) is 9.47 Å². The van der Waals surface area contributed by atoms with Gasteiger partial charge in [0.05, 0.1) is 18.9 Å². The van der Waals surface area contributed by atoms with Crippen molar-refractivity contribution in [3.05, 3.63) is 47.4 Å². The number of carbonyl (C=O) groups excluding carboxylic acids is 1. The van der Waals surface area contributed by atoms with E-state index < -0.39 is 0 Å². The Morgan fingerprint density at radius 3 is 2.46 bits per heavy atom. The first-order valence-corrected chi connectivity index (χ1v) is 9.01. The van der Waals surface area contributed by atoms with Crippen molar-refractivity contribution >= 4 is 22.2 Å². The first-order valence-electron chi connectivity index (χ1n) is 8.13. The predicted molar refractivity (Wildman–Crippen MR) is 98.1 cm³/mol. The van der Waals surface area contributed by atoms with E-state index in [1.165, 1.54) is 23.5 Å². The molecule has 0 N–H and O–H groups in total. The van der Waals surface area contributed by atoms with Crippen molar-refractivity contribution in [2.75, 3.05) is 40.5 Å². The van der Waals surface area contributed by atoms with Crippen LogP contribution in [0.1, 0.15) is 10.5 Å². The van der Waals surface area contributed by atoms with E-state index in [9.17, 15) is 9.18 Å². The standard InChI is InChI=1S/C18H20FN3O3S/c1-24-9-7-21(8-10-25-2)17(23)16-12-26-18-20-15(11-22(16)18)13-3-5-14(19)6-4-13/h3-6,11-12H,7-10H2,1-2H3. The summed E-state index contributed by atoms with van der Waals surface area (Å²) in [6.07, 6.45) is 1.80. The lowest BCUT2D eigenvalue weighted by atomic mass is 10.2. The second kappa shape index (κ2) is 8.39. The number of methoxy groups -OCH3 is 2. The fourth-order valence-corrected chi connectivity index (χ4v) is 3.42. The highest BCUT2D eigenvalue weighted by Crippen LogP contribution is 2.24. The molecule has 0 fully saturated rings. The van der Waals surface area contributed by atoms with Crippen LogP contribution in [-0.4, -0.2) is 60.7 Å². The fraction of sp³-hybridized carbons (Fsp3) is 0.333. The topological polar surface area (TPSA) is 56.1 Å². The number of carbonyl (C=O) groups is 1. The second-order valence-corrected chi connectivity index (χ2v) is 6.52. The second-order valence-electron chi connectivity index (χ2n) is 5.68.